The predicted octanol–water partition coefficient (Wildman–Crippen LogP) is -0.128. The van der Waals surface area contributed by atoms with Crippen molar-refractivity contribution in [1.82, 2.24) is 24.3 Å². The summed E-state index contributed by atoms with van der Waals surface area (Å²) in [4.78, 5) is 22.7. The van der Waals surface area contributed by atoms with E-state index in [2.05, 4.69) is 21.8 Å². The zero-order valence-electron chi connectivity index (χ0n) is 12.9. The maximum Gasteiger partial charge on any atom is 0.227 e. The maximum atomic E-state index is 12.3. The van der Waals surface area contributed by atoms with Crippen LogP contribution >= 0.6 is 0 Å². The number of hydrogen-bond acceptors (Lipinski definition) is 4. The van der Waals surface area contributed by atoms with E-state index in [0.717, 1.165) is 32.7 Å². The molecule has 1 aromatic heterocycles. The number of likely N-dealkylation sites (N-methyl/N-ethyl adjacent to an activating group) is 1. The standard InChI is InChI=1S/C14H25N5O/c1-16(2)14(20)12-8-17(3)5-6-19(9-12)10-13-7-15-11-18(13)4/h7,11-12H,5-6,8-10H2,1-4H3/t12-/m0/s1. The van der Waals surface area contributed by atoms with Crippen molar-refractivity contribution in [3.05, 3.63) is 18.2 Å². The maximum absolute atomic E-state index is 12.3. The molecule has 6 nitrogen and oxygen atoms in total. The lowest BCUT2D eigenvalue weighted by Gasteiger charge is -2.25. The van der Waals surface area contributed by atoms with Crippen molar-refractivity contribution in [1.29, 1.82) is 0 Å². The van der Waals surface area contributed by atoms with Gasteiger partial charge in [0.2, 0.25) is 5.91 Å². The summed E-state index contributed by atoms with van der Waals surface area (Å²) in [7, 11) is 7.76. The van der Waals surface area contributed by atoms with Crippen molar-refractivity contribution >= 4 is 5.91 Å². The Bertz CT molecular complexity index is 456. The third-order valence-electron chi connectivity index (χ3n) is 3.90. The molecule has 2 heterocycles. The van der Waals surface area contributed by atoms with Gasteiger partial charge in [-0.25, -0.2) is 4.98 Å². The lowest BCUT2D eigenvalue weighted by molar-refractivity contribution is -0.133. The minimum Gasteiger partial charge on any atom is -0.348 e. The van der Waals surface area contributed by atoms with E-state index in [0.29, 0.717) is 0 Å². The summed E-state index contributed by atoms with van der Waals surface area (Å²) in [6.45, 7) is 4.47. The average Bonchev–Trinajstić information content (AvgIpc) is 2.69. The molecule has 1 aromatic rings. The van der Waals surface area contributed by atoms with Gasteiger partial charge in [0.1, 0.15) is 0 Å². The van der Waals surface area contributed by atoms with Crippen LogP contribution in [-0.2, 0) is 18.4 Å². The molecule has 1 fully saturated rings. The molecule has 1 saturated heterocycles. The molecule has 0 spiro atoms. The molecule has 0 N–H and O–H groups in total. The van der Waals surface area contributed by atoms with Crippen LogP contribution in [0.2, 0.25) is 0 Å². The Morgan fingerprint density at radius 1 is 1.35 bits per heavy atom. The summed E-state index contributed by atoms with van der Waals surface area (Å²) < 4.78 is 2.04. The van der Waals surface area contributed by atoms with Crippen molar-refractivity contribution in [2.75, 3.05) is 47.3 Å². The lowest BCUT2D eigenvalue weighted by atomic mass is 10.1. The Balaban J connectivity index is 2.06. The highest BCUT2D eigenvalue weighted by molar-refractivity contribution is 5.78. The minimum atomic E-state index is 0.0470. The molecule has 0 radical (unpaired) electrons. The van der Waals surface area contributed by atoms with Crippen molar-refractivity contribution < 1.29 is 4.79 Å². The third kappa shape index (κ3) is 3.58. The van der Waals surface area contributed by atoms with Gasteiger partial charge in [0.15, 0.2) is 0 Å². The molecule has 2 rings (SSSR count). The zero-order valence-corrected chi connectivity index (χ0v) is 12.9. The molecule has 0 aromatic carbocycles. The van der Waals surface area contributed by atoms with Crippen LogP contribution in [0.1, 0.15) is 5.69 Å². The molecular formula is C14H25N5O. The second-order valence-electron chi connectivity index (χ2n) is 5.92. The number of hydrogen-bond donors (Lipinski definition) is 0. The second kappa shape index (κ2) is 6.37. The number of amides is 1. The number of imidazole rings is 1. The topological polar surface area (TPSA) is 44.6 Å². The fourth-order valence-electron chi connectivity index (χ4n) is 2.67. The van der Waals surface area contributed by atoms with Crippen LogP contribution in [-0.4, -0.2) is 77.5 Å². The van der Waals surface area contributed by atoms with Crippen molar-refractivity contribution in [3.63, 3.8) is 0 Å². The van der Waals surface area contributed by atoms with Gasteiger partial charge in [-0.15, -0.1) is 0 Å². The van der Waals surface area contributed by atoms with E-state index in [1.54, 1.807) is 4.90 Å². The van der Waals surface area contributed by atoms with Gasteiger partial charge in [0.05, 0.1) is 17.9 Å². The van der Waals surface area contributed by atoms with Gasteiger partial charge in [0, 0.05) is 60.1 Å². The highest BCUT2D eigenvalue weighted by Gasteiger charge is 2.27. The predicted molar refractivity (Wildman–Crippen MR) is 78.2 cm³/mol. The van der Waals surface area contributed by atoms with E-state index >= 15 is 0 Å². The van der Waals surface area contributed by atoms with Crippen LogP contribution < -0.4 is 0 Å². The Morgan fingerprint density at radius 2 is 2.10 bits per heavy atom. The van der Waals surface area contributed by atoms with Crippen LogP contribution in [0.15, 0.2) is 12.5 Å². The van der Waals surface area contributed by atoms with Crippen molar-refractivity contribution in [2.24, 2.45) is 13.0 Å². The summed E-state index contributed by atoms with van der Waals surface area (Å²) in [5.74, 6) is 0.263. The molecule has 1 aliphatic heterocycles. The summed E-state index contributed by atoms with van der Waals surface area (Å²) in [6.07, 6.45) is 3.72. The van der Waals surface area contributed by atoms with E-state index < -0.39 is 0 Å². The van der Waals surface area contributed by atoms with Crippen LogP contribution in [0, 0.1) is 5.92 Å². The SMILES string of the molecule is CN1CCN(Cc2cncn2C)C[C@@H](C(=O)N(C)C)C1. The van der Waals surface area contributed by atoms with Gasteiger partial charge in [-0.3, -0.25) is 9.69 Å². The number of rotatable bonds is 3. The molecule has 1 aliphatic rings. The van der Waals surface area contributed by atoms with E-state index in [1.165, 1.54) is 5.69 Å². The fraction of sp³-hybridized carbons (Fsp3) is 0.714. The molecule has 1 atom stereocenters. The molecule has 0 bridgehead atoms. The Hall–Kier alpha value is -1.40. The first-order valence-corrected chi connectivity index (χ1v) is 7.04. The highest BCUT2D eigenvalue weighted by atomic mass is 16.2. The number of aryl methyl sites for hydroxylation is 1. The van der Waals surface area contributed by atoms with Crippen molar-refractivity contribution in [2.45, 2.75) is 6.54 Å². The van der Waals surface area contributed by atoms with Gasteiger partial charge in [0.25, 0.3) is 0 Å². The molecule has 0 saturated carbocycles. The molecule has 6 heteroatoms. The van der Waals surface area contributed by atoms with Crippen LogP contribution in [0.3, 0.4) is 0 Å². The first-order chi connectivity index (χ1) is 9.47. The monoisotopic (exact) mass is 279 g/mol. The summed E-state index contributed by atoms with van der Waals surface area (Å²) in [5, 5.41) is 0. The summed E-state index contributed by atoms with van der Waals surface area (Å²) in [6, 6.07) is 0. The highest BCUT2D eigenvalue weighted by Crippen LogP contribution is 2.13. The van der Waals surface area contributed by atoms with E-state index in [-0.39, 0.29) is 11.8 Å². The van der Waals surface area contributed by atoms with Gasteiger partial charge in [-0.05, 0) is 7.05 Å². The molecule has 0 aliphatic carbocycles. The third-order valence-corrected chi connectivity index (χ3v) is 3.90. The number of nitrogens with zero attached hydrogens (tertiary/aromatic N) is 5. The molecule has 20 heavy (non-hydrogen) atoms. The minimum absolute atomic E-state index is 0.0470. The quantitative estimate of drug-likeness (QED) is 0.773. The number of aromatic nitrogens is 2. The lowest BCUT2D eigenvalue weighted by Crippen LogP contribution is -2.40. The van der Waals surface area contributed by atoms with E-state index in [1.807, 2.05) is 38.2 Å². The van der Waals surface area contributed by atoms with Crippen LogP contribution in [0.5, 0.6) is 0 Å². The fourth-order valence-corrected chi connectivity index (χ4v) is 2.67. The number of carbonyl (C=O) groups is 1. The first-order valence-electron chi connectivity index (χ1n) is 7.04. The Labute approximate surface area is 121 Å². The van der Waals surface area contributed by atoms with E-state index in [4.69, 9.17) is 0 Å². The molecule has 0 unspecified atom stereocenters. The largest absolute Gasteiger partial charge is 0.348 e. The van der Waals surface area contributed by atoms with Crippen molar-refractivity contribution in [3.8, 4) is 0 Å². The normalized spacial score (nSPS) is 21.7. The Morgan fingerprint density at radius 3 is 2.70 bits per heavy atom. The summed E-state index contributed by atoms with van der Waals surface area (Å²) >= 11 is 0. The zero-order chi connectivity index (χ0) is 14.7. The van der Waals surface area contributed by atoms with Crippen LogP contribution in [0.4, 0.5) is 0 Å². The average molecular weight is 279 g/mol. The second-order valence-corrected chi connectivity index (χ2v) is 5.92. The molecule has 1 amide bonds. The van der Waals surface area contributed by atoms with E-state index in [9.17, 15) is 4.79 Å². The molecule has 112 valence electrons. The smallest absolute Gasteiger partial charge is 0.227 e. The van der Waals surface area contributed by atoms with Gasteiger partial charge >= 0.3 is 0 Å². The van der Waals surface area contributed by atoms with Gasteiger partial charge in [-0.2, -0.15) is 0 Å². The summed E-state index contributed by atoms with van der Waals surface area (Å²) in [5.41, 5.74) is 1.19. The first kappa shape index (κ1) is 15.0. The van der Waals surface area contributed by atoms with Crippen LogP contribution in [0.25, 0.3) is 0 Å². The van der Waals surface area contributed by atoms with Gasteiger partial charge < -0.3 is 14.4 Å². The van der Waals surface area contributed by atoms with Gasteiger partial charge in [-0.1, -0.05) is 0 Å². The Kier molecular flexibility index (Phi) is 4.77. The number of carbonyl (C=O) groups excluding carboxylic acids is 1. The molecular weight excluding hydrogens is 254 g/mol.